The highest BCUT2D eigenvalue weighted by molar-refractivity contribution is 7.84. The van der Waals surface area contributed by atoms with E-state index in [1.165, 1.54) is 0 Å². The van der Waals surface area contributed by atoms with Crippen LogP contribution in [0.5, 0.6) is 0 Å². The summed E-state index contributed by atoms with van der Waals surface area (Å²) in [6.45, 7) is 1.64. The monoisotopic (exact) mass is 266 g/mol. The van der Waals surface area contributed by atoms with Gasteiger partial charge in [0.2, 0.25) is 5.91 Å². The Labute approximate surface area is 106 Å². The number of nitrogens with two attached hydrogens (primary N) is 2. The average Bonchev–Trinajstić information content (AvgIpc) is 2.71. The van der Waals surface area contributed by atoms with Crippen molar-refractivity contribution < 1.29 is 9.00 Å². The summed E-state index contributed by atoms with van der Waals surface area (Å²) in [5.74, 6) is -0.766. The van der Waals surface area contributed by atoms with Gasteiger partial charge in [-0.15, -0.1) is 0 Å². The van der Waals surface area contributed by atoms with Crippen molar-refractivity contribution in [2.45, 2.75) is 12.1 Å². The quantitative estimate of drug-likeness (QED) is 0.693. The van der Waals surface area contributed by atoms with Crippen molar-refractivity contribution in [3.05, 3.63) is 18.2 Å². The number of hydrogen-bond donors (Lipinski definition) is 3. The van der Waals surface area contributed by atoms with Crippen molar-refractivity contribution in [1.82, 2.24) is 9.97 Å². The molecule has 2 rings (SSSR count). The van der Waals surface area contributed by atoms with Gasteiger partial charge in [-0.05, 0) is 18.2 Å². The molecule has 7 heteroatoms. The van der Waals surface area contributed by atoms with E-state index in [2.05, 4.69) is 9.97 Å². The molecule has 0 bridgehead atoms. The Hall–Kier alpha value is -1.89. The van der Waals surface area contributed by atoms with Crippen molar-refractivity contribution in [3.63, 3.8) is 0 Å². The largest absolute Gasteiger partial charge is 0.399 e. The molecule has 0 radical (unpaired) electrons. The summed E-state index contributed by atoms with van der Waals surface area (Å²) >= 11 is 0. The number of rotatable bonds is 4. The van der Waals surface area contributed by atoms with Gasteiger partial charge in [0.25, 0.3) is 0 Å². The molecule has 1 aromatic carbocycles. The van der Waals surface area contributed by atoms with Gasteiger partial charge in [0.1, 0.15) is 0 Å². The number of aromatic amines is 1. The number of imidazole rings is 1. The summed E-state index contributed by atoms with van der Waals surface area (Å²) < 4.78 is 12.0. The van der Waals surface area contributed by atoms with Crippen LogP contribution in [-0.4, -0.2) is 25.8 Å². The van der Waals surface area contributed by atoms with Crippen LogP contribution in [0.4, 0.5) is 5.69 Å². The van der Waals surface area contributed by atoms with Crippen molar-refractivity contribution in [2.75, 3.05) is 11.5 Å². The predicted octanol–water partition coefficient (Wildman–Crippen LogP) is 0.374. The van der Waals surface area contributed by atoms with Gasteiger partial charge in [0.15, 0.2) is 5.16 Å². The number of primary amides is 1. The molecule has 0 fully saturated rings. The molecular formula is C11H14N4O2S. The molecule has 2 aromatic rings. The van der Waals surface area contributed by atoms with Gasteiger partial charge in [-0.2, -0.15) is 0 Å². The molecule has 0 spiro atoms. The summed E-state index contributed by atoms with van der Waals surface area (Å²) in [6.07, 6.45) is 0. The van der Waals surface area contributed by atoms with E-state index in [1.54, 1.807) is 25.1 Å². The Kier molecular flexibility index (Phi) is 3.33. The van der Waals surface area contributed by atoms with E-state index in [4.69, 9.17) is 11.5 Å². The Morgan fingerprint density at radius 2 is 2.28 bits per heavy atom. The van der Waals surface area contributed by atoms with Gasteiger partial charge >= 0.3 is 0 Å². The van der Waals surface area contributed by atoms with Crippen LogP contribution >= 0.6 is 0 Å². The molecule has 0 saturated heterocycles. The van der Waals surface area contributed by atoms with E-state index >= 15 is 0 Å². The highest BCUT2D eigenvalue weighted by Gasteiger charge is 2.17. The lowest BCUT2D eigenvalue weighted by molar-refractivity contribution is -0.120. The lowest BCUT2D eigenvalue weighted by atomic mass is 10.2. The van der Waals surface area contributed by atoms with Crippen LogP contribution in [0.25, 0.3) is 11.0 Å². The van der Waals surface area contributed by atoms with E-state index in [0.717, 1.165) is 5.52 Å². The number of hydrogen-bond acceptors (Lipinski definition) is 4. The number of nitrogens with one attached hydrogen (secondary N) is 1. The molecule has 0 aliphatic rings. The average molecular weight is 266 g/mol. The van der Waals surface area contributed by atoms with E-state index in [9.17, 15) is 9.00 Å². The number of nitrogen functional groups attached to an aromatic ring is 1. The van der Waals surface area contributed by atoms with Crippen molar-refractivity contribution >= 4 is 33.4 Å². The van der Waals surface area contributed by atoms with Gasteiger partial charge in [-0.3, -0.25) is 9.00 Å². The Bertz CT molecular complexity index is 623. The molecule has 0 saturated carbocycles. The van der Waals surface area contributed by atoms with Gasteiger partial charge in [-0.25, -0.2) is 4.98 Å². The molecule has 1 heterocycles. The fourth-order valence-corrected chi connectivity index (χ4v) is 2.70. The highest BCUT2D eigenvalue weighted by atomic mass is 32.2. The third-order valence-corrected chi connectivity index (χ3v) is 4.01. The Morgan fingerprint density at radius 3 is 2.94 bits per heavy atom. The second-order valence-electron chi connectivity index (χ2n) is 4.13. The molecule has 96 valence electrons. The van der Waals surface area contributed by atoms with E-state index in [0.29, 0.717) is 16.4 Å². The zero-order valence-electron chi connectivity index (χ0n) is 9.84. The normalized spacial score (nSPS) is 14.5. The Morgan fingerprint density at radius 1 is 1.56 bits per heavy atom. The molecule has 5 N–H and O–H groups in total. The fourth-order valence-electron chi connectivity index (χ4n) is 1.50. The number of aromatic nitrogens is 2. The van der Waals surface area contributed by atoms with Gasteiger partial charge in [0.05, 0.1) is 21.8 Å². The maximum atomic E-state index is 12.0. The minimum absolute atomic E-state index is 0.157. The summed E-state index contributed by atoms with van der Waals surface area (Å²) in [5, 5.41) is 0.337. The topological polar surface area (TPSA) is 115 Å². The zero-order chi connectivity index (χ0) is 13.3. The van der Waals surface area contributed by atoms with Crippen LogP contribution in [-0.2, 0) is 15.6 Å². The molecule has 2 unspecified atom stereocenters. The smallest absolute Gasteiger partial charge is 0.221 e. The van der Waals surface area contributed by atoms with E-state index in [-0.39, 0.29) is 5.75 Å². The molecule has 1 amide bonds. The maximum Gasteiger partial charge on any atom is 0.221 e. The third kappa shape index (κ3) is 2.51. The summed E-state index contributed by atoms with van der Waals surface area (Å²) in [7, 11) is -1.38. The first-order valence-corrected chi connectivity index (χ1v) is 6.72. The minimum atomic E-state index is -1.38. The highest BCUT2D eigenvalue weighted by Crippen LogP contribution is 2.17. The van der Waals surface area contributed by atoms with Crippen LogP contribution < -0.4 is 11.5 Å². The number of anilines is 1. The summed E-state index contributed by atoms with van der Waals surface area (Å²) in [4.78, 5) is 18.1. The molecule has 2 atom stereocenters. The fraction of sp³-hybridized carbons (Fsp3) is 0.273. The van der Waals surface area contributed by atoms with Crippen LogP contribution in [0.2, 0.25) is 0 Å². The first-order valence-electron chi connectivity index (χ1n) is 5.40. The van der Waals surface area contributed by atoms with Gasteiger partial charge in [-0.1, -0.05) is 6.92 Å². The number of carbonyl (C=O) groups excluding carboxylic acids is 1. The van der Waals surface area contributed by atoms with Crippen LogP contribution in [0.1, 0.15) is 6.92 Å². The lowest BCUT2D eigenvalue weighted by Gasteiger charge is -2.04. The number of carbonyl (C=O) groups is 1. The minimum Gasteiger partial charge on any atom is -0.399 e. The number of H-pyrrole nitrogens is 1. The maximum absolute atomic E-state index is 12.0. The molecule has 6 nitrogen and oxygen atoms in total. The first kappa shape index (κ1) is 12.6. The number of fused-ring (bicyclic) bond motifs is 1. The second kappa shape index (κ2) is 4.77. The number of benzene rings is 1. The van der Waals surface area contributed by atoms with Crippen LogP contribution in [0.3, 0.4) is 0 Å². The molecular weight excluding hydrogens is 252 g/mol. The summed E-state index contributed by atoms with van der Waals surface area (Å²) in [6, 6.07) is 5.20. The van der Waals surface area contributed by atoms with Crippen molar-refractivity contribution in [2.24, 2.45) is 11.7 Å². The van der Waals surface area contributed by atoms with Gasteiger partial charge in [0, 0.05) is 17.4 Å². The lowest BCUT2D eigenvalue weighted by Crippen LogP contribution is -2.25. The third-order valence-electron chi connectivity index (χ3n) is 2.59. The Balaban J connectivity index is 2.26. The molecule has 0 aliphatic carbocycles. The molecule has 1 aromatic heterocycles. The van der Waals surface area contributed by atoms with E-state index < -0.39 is 22.6 Å². The van der Waals surface area contributed by atoms with Crippen molar-refractivity contribution in [3.8, 4) is 0 Å². The predicted molar refractivity (Wildman–Crippen MR) is 70.1 cm³/mol. The van der Waals surface area contributed by atoms with E-state index in [1.807, 2.05) is 0 Å². The van der Waals surface area contributed by atoms with Crippen LogP contribution in [0, 0.1) is 5.92 Å². The summed E-state index contributed by atoms with van der Waals surface area (Å²) in [5.41, 5.74) is 12.8. The van der Waals surface area contributed by atoms with Crippen LogP contribution in [0.15, 0.2) is 23.4 Å². The molecule has 0 aliphatic heterocycles. The van der Waals surface area contributed by atoms with Crippen molar-refractivity contribution in [1.29, 1.82) is 0 Å². The zero-order valence-corrected chi connectivity index (χ0v) is 10.7. The second-order valence-corrected chi connectivity index (χ2v) is 5.55. The number of nitrogens with zero attached hydrogens (tertiary/aromatic N) is 1. The standard InChI is InChI=1S/C11H14N4O2S/c1-6(10(13)16)5-18(17)11-14-8-3-2-7(12)4-9(8)15-11/h2-4,6H,5,12H2,1H3,(H2,13,16)(H,14,15). The SMILES string of the molecule is CC(CS(=O)c1nc2ccc(N)cc2[nH]1)C(N)=O. The number of amides is 1. The molecule has 18 heavy (non-hydrogen) atoms. The first-order chi connectivity index (χ1) is 8.47. The van der Waals surface area contributed by atoms with Gasteiger partial charge < -0.3 is 16.5 Å².